The van der Waals surface area contributed by atoms with Crippen LogP contribution in [0.4, 0.5) is 4.39 Å². The summed E-state index contributed by atoms with van der Waals surface area (Å²) in [5.41, 5.74) is 0.997. The first-order valence-corrected chi connectivity index (χ1v) is 9.74. The number of halogens is 1. The summed E-state index contributed by atoms with van der Waals surface area (Å²) < 4.78 is 15.7. The van der Waals surface area contributed by atoms with Crippen molar-refractivity contribution in [3.63, 3.8) is 0 Å². The van der Waals surface area contributed by atoms with Crippen molar-refractivity contribution in [1.82, 2.24) is 24.6 Å². The van der Waals surface area contributed by atoms with Crippen molar-refractivity contribution in [1.29, 1.82) is 0 Å². The molecule has 27 heavy (non-hydrogen) atoms. The molecule has 1 aromatic carbocycles. The van der Waals surface area contributed by atoms with Crippen molar-refractivity contribution in [2.75, 3.05) is 26.2 Å². The van der Waals surface area contributed by atoms with Crippen LogP contribution in [0.2, 0.25) is 0 Å². The topological polar surface area (TPSA) is 54.3 Å². The summed E-state index contributed by atoms with van der Waals surface area (Å²) in [6.45, 7) is 6.57. The summed E-state index contributed by atoms with van der Waals surface area (Å²) in [6, 6.07) is 6.82. The second-order valence-electron chi connectivity index (χ2n) is 7.59. The van der Waals surface area contributed by atoms with Crippen molar-refractivity contribution in [3.8, 4) is 0 Å². The maximum atomic E-state index is 13.4. The second-order valence-corrected chi connectivity index (χ2v) is 7.59. The first-order chi connectivity index (χ1) is 13.1. The molecule has 3 heterocycles. The van der Waals surface area contributed by atoms with E-state index >= 15 is 0 Å². The van der Waals surface area contributed by atoms with Crippen molar-refractivity contribution >= 4 is 5.91 Å². The zero-order chi connectivity index (χ0) is 18.8. The molecule has 7 heteroatoms. The molecule has 2 aromatic rings. The number of hydrogen-bond acceptors (Lipinski definition) is 4. The number of amides is 1. The average Bonchev–Trinajstić information content (AvgIpc) is 2.97. The fourth-order valence-corrected chi connectivity index (χ4v) is 4.22. The molecule has 0 bridgehead atoms. The van der Waals surface area contributed by atoms with Gasteiger partial charge in [-0.15, -0.1) is 10.2 Å². The Bertz CT molecular complexity index is 820. The number of hydrogen-bond donors (Lipinski definition) is 0. The molecule has 0 radical (unpaired) electrons. The Hall–Kier alpha value is -2.28. The van der Waals surface area contributed by atoms with Gasteiger partial charge >= 0.3 is 0 Å². The number of likely N-dealkylation sites (tertiary alicyclic amines) is 1. The zero-order valence-corrected chi connectivity index (χ0v) is 15.8. The molecule has 6 nitrogen and oxygen atoms in total. The van der Waals surface area contributed by atoms with Gasteiger partial charge in [-0.2, -0.15) is 0 Å². The van der Waals surface area contributed by atoms with Crippen LogP contribution in [0.3, 0.4) is 0 Å². The lowest BCUT2D eigenvalue weighted by atomic mass is 9.97. The number of aromatic nitrogens is 3. The van der Waals surface area contributed by atoms with Crippen molar-refractivity contribution < 1.29 is 9.18 Å². The molecule has 2 aliphatic rings. The van der Waals surface area contributed by atoms with Crippen LogP contribution < -0.4 is 0 Å². The molecule has 1 aromatic heterocycles. The fraction of sp³-hybridized carbons (Fsp3) is 0.550. The molecule has 0 aliphatic carbocycles. The molecule has 144 valence electrons. The molecule has 1 amide bonds. The molecule has 0 unspecified atom stereocenters. The number of fused-ring (bicyclic) bond motifs is 1. The smallest absolute Gasteiger partial charge is 0.219 e. The molecule has 1 atom stereocenters. The summed E-state index contributed by atoms with van der Waals surface area (Å²) in [6.07, 6.45) is 2.90. The number of piperidine rings is 1. The highest BCUT2D eigenvalue weighted by molar-refractivity contribution is 5.73. The van der Waals surface area contributed by atoms with Gasteiger partial charge in [0, 0.05) is 58.5 Å². The largest absolute Gasteiger partial charge is 0.342 e. The Morgan fingerprint density at radius 1 is 1.22 bits per heavy atom. The van der Waals surface area contributed by atoms with E-state index in [1.807, 2.05) is 11.0 Å². The highest BCUT2D eigenvalue weighted by atomic mass is 19.1. The number of nitrogens with zero attached hydrogens (tertiary/aromatic N) is 5. The van der Waals surface area contributed by atoms with Crippen LogP contribution in [0.15, 0.2) is 24.3 Å². The Kier molecular flexibility index (Phi) is 5.20. The predicted molar refractivity (Wildman–Crippen MR) is 99.6 cm³/mol. The maximum absolute atomic E-state index is 13.4. The summed E-state index contributed by atoms with van der Waals surface area (Å²) in [4.78, 5) is 16.0. The van der Waals surface area contributed by atoms with E-state index in [-0.39, 0.29) is 17.6 Å². The van der Waals surface area contributed by atoms with Crippen molar-refractivity contribution in [2.45, 2.75) is 45.2 Å². The average molecular weight is 371 g/mol. The van der Waals surface area contributed by atoms with E-state index in [1.165, 1.54) is 6.07 Å². The van der Waals surface area contributed by atoms with E-state index in [2.05, 4.69) is 19.7 Å². The minimum absolute atomic E-state index is 0.136. The third kappa shape index (κ3) is 4.03. The lowest BCUT2D eigenvalue weighted by molar-refractivity contribution is -0.130. The lowest BCUT2D eigenvalue weighted by Crippen LogP contribution is -2.38. The van der Waals surface area contributed by atoms with Gasteiger partial charge in [0.05, 0.1) is 0 Å². The van der Waals surface area contributed by atoms with Crippen LogP contribution in [0.1, 0.15) is 42.9 Å². The van der Waals surface area contributed by atoms with E-state index in [1.54, 1.807) is 19.1 Å². The summed E-state index contributed by atoms with van der Waals surface area (Å²) in [5.74, 6) is 2.25. The lowest BCUT2D eigenvalue weighted by Gasteiger charge is -2.31. The van der Waals surface area contributed by atoms with Gasteiger partial charge in [-0.25, -0.2) is 4.39 Å². The number of carbonyl (C=O) groups excluding carboxylic acids is 1. The quantitative estimate of drug-likeness (QED) is 0.830. The molecule has 0 N–H and O–H groups in total. The molecule has 2 aliphatic heterocycles. The standard InChI is InChI=1S/C20H26FN5O/c1-15(27)25-8-3-5-17(14-25)20-23-22-19-7-9-24(10-11-26(19)20)13-16-4-2-6-18(21)12-16/h2,4,6,12,17H,3,5,7-11,13-14H2,1H3/t17-/m1/s1. The molecular formula is C20H26FN5O. The van der Waals surface area contributed by atoms with Gasteiger partial charge < -0.3 is 9.47 Å². The summed E-state index contributed by atoms with van der Waals surface area (Å²) in [7, 11) is 0. The van der Waals surface area contributed by atoms with E-state index in [9.17, 15) is 9.18 Å². The highest BCUT2D eigenvalue weighted by Gasteiger charge is 2.29. The van der Waals surface area contributed by atoms with Gasteiger partial charge in [-0.3, -0.25) is 9.69 Å². The number of carbonyl (C=O) groups is 1. The highest BCUT2D eigenvalue weighted by Crippen LogP contribution is 2.27. The SMILES string of the molecule is CC(=O)N1CCC[C@@H](c2nnc3n2CCN(Cc2cccc(F)c2)CC3)C1. The third-order valence-corrected chi connectivity index (χ3v) is 5.67. The van der Waals surface area contributed by atoms with Crippen LogP contribution in [0.25, 0.3) is 0 Å². The molecular weight excluding hydrogens is 345 g/mol. The fourth-order valence-electron chi connectivity index (χ4n) is 4.22. The Labute approximate surface area is 159 Å². The molecule has 1 saturated heterocycles. The van der Waals surface area contributed by atoms with Crippen molar-refractivity contribution in [2.24, 2.45) is 0 Å². The van der Waals surface area contributed by atoms with Gasteiger partial charge in [0.1, 0.15) is 17.5 Å². The van der Waals surface area contributed by atoms with Crippen LogP contribution in [0.5, 0.6) is 0 Å². The Morgan fingerprint density at radius 2 is 2.11 bits per heavy atom. The van der Waals surface area contributed by atoms with Gasteiger partial charge in [-0.1, -0.05) is 12.1 Å². The summed E-state index contributed by atoms with van der Waals surface area (Å²) >= 11 is 0. The first-order valence-electron chi connectivity index (χ1n) is 9.74. The molecule has 4 rings (SSSR count). The summed E-state index contributed by atoms with van der Waals surface area (Å²) in [5, 5.41) is 8.92. The van der Waals surface area contributed by atoms with Gasteiger partial charge in [0.25, 0.3) is 0 Å². The van der Waals surface area contributed by atoms with Crippen LogP contribution in [-0.2, 0) is 24.3 Å². The monoisotopic (exact) mass is 371 g/mol. The van der Waals surface area contributed by atoms with Crippen molar-refractivity contribution in [3.05, 3.63) is 47.3 Å². The molecule has 0 saturated carbocycles. The maximum Gasteiger partial charge on any atom is 0.219 e. The third-order valence-electron chi connectivity index (χ3n) is 5.67. The predicted octanol–water partition coefficient (Wildman–Crippen LogP) is 2.20. The molecule has 0 spiro atoms. The van der Waals surface area contributed by atoms with Crippen LogP contribution in [-0.4, -0.2) is 56.7 Å². The number of benzene rings is 1. The Balaban J connectivity index is 1.45. The van der Waals surface area contributed by atoms with Gasteiger partial charge in [0.2, 0.25) is 5.91 Å². The second kappa shape index (κ2) is 7.76. The van der Waals surface area contributed by atoms with Crippen LogP contribution >= 0.6 is 0 Å². The Morgan fingerprint density at radius 3 is 2.93 bits per heavy atom. The zero-order valence-electron chi connectivity index (χ0n) is 15.8. The van der Waals surface area contributed by atoms with E-state index in [0.717, 1.165) is 75.7 Å². The molecule has 1 fully saturated rings. The number of rotatable bonds is 3. The van der Waals surface area contributed by atoms with Gasteiger partial charge in [-0.05, 0) is 30.5 Å². The normalized spacial score (nSPS) is 21.0. The minimum atomic E-state index is -0.186. The van der Waals surface area contributed by atoms with Crippen LogP contribution in [0, 0.1) is 5.82 Å². The van der Waals surface area contributed by atoms with E-state index in [0.29, 0.717) is 0 Å². The van der Waals surface area contributed by atoms with E-state index < -0.39 is 0 Å². The first kappa shape index (κ1) is 18.1. The van der Waals surface area contributed by atoms with E-state index in [4.69, 9.17) is 0 Å². The minimum Gasteiger partial charge on any atom is -0.342 e. The van der Waals surface area contributed by atoms with Gasteiger partial charge in [0.15, 0.2) is 0 Å².